The highest BCUT2D eigenvalue weighted by Gasteiger charge is 2.33. The summed E-state index contributed by atoms with van der Waals surface area (Å²) in [6.07, 6.45) is 2.44. The Morgan fingerprint density at radius 3 is 1.82 bits per heavy atom. The van der Waals surface area contributed by atoms with Gasteiger partial charge in [0.25, 0.3) is 5.91 Å². The number of aliphatic carboxylic acids is 1. The van der Waals surface area contributed by atoms with Gasteiger partial charge >= 0.3 is 12.1 Å². The maximum Gasteiger partial charge on any atom is 0.407 e. The minimum absolute atomic E-state index is 0.0345. The molecule has 17 nitrogen and oxygen atoms in total. The van der Waals surface area contributed by atoms with Crippen LogP contribution < -0.4 is 36.6 Å². The third kappa shape index (κ3) is 22.7. The van der Waals surface area contributed by atoms with Crippen LogP contribution in [0.2, 0.25) is 0 Å². The summed E-state index contributed by atoms with van der Waals surface area (Å²) in [6.45, 7) is 19.2. The van der Waals surface area contributed by atoms with Crippen molar-refractivity contribution in [2.75, 3.05) is 26.3 Å². The lowest BCUT2D eigenvalue weighted by atomic mass is 10.0. The van der Waals surface area contributed by atoms with E-state index >= 15 is 0 Å². The first kappa shape index (κ1) is 59.8. The van der Waals surface area contributed by atoms with Crippen molar-refractivity contribution < 1.29 is 52.9 Å². The highest BCUT2D eigenvalue weighted by atomic mass is 16.6. The highest BCUT2D eigenvalue weighted by molar-refractivity contribution is 5.96. The molecule has 7 N–H and O–H groups in total. The number of nitrogens with one attached hydrogen (secondary N) is 6. The van der Waals surface area contributed by atoms with Gasteiger partial charge in [0.05, 0.1) is 12.7 Å². The van der Waals surface area contributed by atoms with Crippen LogP contribution in [0.4, 0.5) is 4.79 Å². The molecule has 0 aromatic heterocycles. The van der Waals surface area contributed by atoms with Crippen molar-refractivity contribution in [3.8, 4) is 16.9 Å². The number of carbonyl (C=O) groups is 7. The van der Waals surface area contributed by atoms with Gasteiger partial charge in [0, 0.05) is 38.1 Å². The van der Waals surface area contributed by atoms with E-state index in [2.05, 4.69) is 63.1 Å². The van der Waals surface area contributed by atoms with Gasteiger partial charge < -0.3 is 51.2 Å². The van der Waals surface area contributed by atoms with Crippen molar-refractivity contribution in [2.24, 2.45) is 11.8 Å². The first-order chi connectivity index (χ1) is 34.0. The van der Waals surface area contributed by atoms with Crippen LogP contribution in [0.15, 0.2) is 72.8 Å². The average molecular weight is 1000 g/mol. The van der Waals surface area contributed by atoms with Crippen molar-refractivity contribution >= 4 is 41.6 Å². The fourth-order valence-corrected chi connectivity index (χ4v) is 7.14. The Balaban J connectivity index is 1.70. The van der Waals surface area contributed by atoms with Crippen molar-refractivity contribution in [3.63, 3.8) is 0 Å². The van der Waals surface area contributed by atoms with Gasteiger partial charge in [-0.1, -0.05) is 89.6 Å². The van der Waals surface area contributed by atoms with E-state index in [-0.39, 0.29) is 50.8 Å². The number of rotatable bonds is 30. The quantitative estimate of drug-likeness (QED) is 0.0339. The molecule has 0 unspecified atom stereocenters. The summed E-state index contributed by atoms with van der Waals surface area (Å²) < 4.78 is 17.0. The molecule has 6 amide bonds. The first-order valence-corrected chi connectivity index (χ1v) is 25.3. The summed E-state index contributed by atoms with van der Waals surface area (Å²) in [5.74, 6) is -3.45. The lowest BCUT2D eigenvalue weighted by molar-refractivity contribution is -0.142. The van der Waals surface area contributed by atoms with E-state index in [4.69, 9.17) is 14.2 Å². The number of unbranched alkanes of at least 4 members (excludes halogenated alkanes) is 2. The summed E-state index contributed by atoms with van der Waals surface area (Å²) in [5, 5.41) is 26.0. The van der Waals surface area contributed by atoms with Crippen molar-refractivity contribution in [1.82, 2.24) is 31.9 Å². The third-order valence-electron chi connectivity index (χ3n) is 11.2. The lowest BCUT2D eigenvalue weighted by Crippen LogP contribution is -2.60. The van der Waals surface area contributed by atoms with Crippen LogP contribution in [0.3, 0.4) is 0 Å². The Morgan fingerprint density at radius 2 is 1.24 bits per heavy atom. The Labute approximate surface area is 426 Å². The zero-order valence-electron chi connectivity index (χ0n) is 44.0. The number of benzene rings is 3. The summed E-state index contributed by atoms with van der Waals surface area (Å²) in [7, 11) is 0. The second-order valence-electron chi connectivity index (χ2n) is 20.0. The fraction of sp³-hybridized carbons (Fsp3) is 0.545. The second kappa shape index (κ2) is 30.4. The van der Waals surface area contributed by atoms with Crippen LogP contribution in [0.25, 0.3) is 11.1 Å². The van der Waals surface area contributed by atoms with Crippen LogP contribution in [0.1, 0.15) is 129 Å². The predicted molar refractivity (Wildman–Crippen MR) is 277 cm³/mol. The molecule has 0 saturated carbocycles. The molecule has 3 rings (SSSR count). The summed E-state index contributed by atoms with van der Waals surface area (Å²) in [4.78, 5) is 92.6. The molecule has 17 heteroatoms. The topological polar surface area (TPSA) is 240 Å². The smallest absolute Gasteiger partial charge is 0.407 e. The van der Waals surface area contributed by atoms with Crippen LogP contribution >= 0.6 is 0 Å². The van der Waals surface area contributed by atoms with E-state index in [1.807, 2.05) is 39.8 Å². The molecule has 3 aromatic rings. The molecule has 0 aliphatic carbocycles. The average Bonchev–Trinajstić information content (AvgIpc) is 3.32. The maximum absolute atomic E-state index is 14.1. The van der Waals surface area contributed by atoms with Gasteiger partial charge in [-0.3, -0.25) is 24.0 Å². The molecule has 0 aliphatic rings. The molecule has 3 aromatic carbocycles. The number of alkyl carbamates (subject to hydrolysis) is 1. The molecule has 5 atom stereocenters. The zero-order valence-corrected chi connectivity index (χ0v) is 44.0. The molecular formula is C55H80N6O11. The van der Waals surface area contributed by atoms with Crippen LogP contribution in [-0.2, 0) is 46.3 Å². The fourth-order valence-electron chi connectivity index (χ4n) is 7.14. The highest BCUT2D eigenvalue weighted by Crippen LogP contribution is 2.22. The Bertz CT molecular complexity index is 2190. The van der Waals surface area contributed by atoms with Gasteiger partial charge in [0.1, 0.15) is 35.5 Å². The van der Waals surface area contributed by atoms with Crippen molar-refractivity contribution in [2.45, 2.75) is 156 Å². The molecule has 0 heterocycles. The molecule has 0 spiro atoms. The maximum atomic E-state index is 14.1. The van der Waals surface area contributed by atoms with E-state index in [9.17, 15) is 38.7 Å². The van der Waals surface area contributed by atoms with E-state index in [0.29, 0.717) is 42.2 Å². The summed E-state index contributed by atoms with van der Waals surface area (Å²) >= 11 is 0. The van der Waals surface area contributed by atoms with Gasteiger partial charge in [-0.25, -0.2) is 9.59 Å². The molecule has 0 fully saturated rings. The molecule has 72 heavy (non-hydrogen) atoms. The largest absolute Gasteiger partial charge is 0.493 e. The molecular weight excluding hydrogens is 921 g/mol. The van der Waals surface area contributed by atoms with Gasteiger partial charge in [0.15, 0.2) is 0 Å². The van der Waals surface area contributed by atoms with E-state index in [1.165, 1.54) is 12.5 Å². The van der Waals surface area contributed by atoms with E-state index in [0.717, 1.165) is 30.4 Å². The number of carbonyl (C=O) groups excluding carboxylic acids is 6. The number of aryl methyl sites for hydroxylation is 1. The normalized spacial score (nSPS) is 13.4. The number of ether oxygens (including phenoxy) is 3. The molecule has 0 bridgehead atoms. The lowest BCUT2D eigenvalue weighted by Gasteiger charge is -2.29. The Morgan fingerprint density at radius 1 is 0.625 bits per heavy atom. The van der Waals surface area contributed by atoms with Crippen LogP contribution in [-0.4, -0.2) is 109 Å². The molecule has 396 valence electrons. The number of amides is 6. The van der Waals surface area contributed by atoms with Crippen LogP contribution in [0, 0.1) is 11.8 Å². The SMILES string of the molecule is CCCCc1ccc(-c2ccc(C(=O)NCCC(=O)N[C@@H](CCCCNC(=O)OC(C)(C)C)C(=O)N[C@H](C(=O)N[C@@H](C)C(=O)N[C@@H](Cc3ccc(OCC(C)C)cc3)C(=O)O)[C@@H](C)OCC(C)C)cc2)cc1. The van der Waals surface area contributed by atoms with E-state index in [1.54, 1.807) is 64.1 Å². The second-order valence-corrected chi connectivity index (χ2v) is 20.0. The monoisotopic (exact) mass is 1000 g/mol. The third-order valence-corrected chi connectivity index (χ3v) is 11.2. The van der Waals surface area contributed by atoms with E-state index < -0.39 is 71.6 Å². The number of hydrogen-bond acceptors (Lipinski definition) is 10. The number of carboxylic acids is 1. The van der Waals surface area contributed by atoms with Gasteiger partial charge in [-0.2, -0.15) is 0 Å². The zero-order chi connectivity index (χ0) is 53.4. The Kier molecular flexibility index (Phi) is 25.3. The summed E-state index contributed by atoms with van der Waals surface area (Å²) in [6, 6.07) is 17.4. The molecule has 0 radical (unpaired) electrons. The molecule has 0 saturated heterocycles. The number of hydrogen-bond donors (Lipinski definition) is 7. The number of carboxylic acid groups (broad SMARTS) is 1. The standard InChI is InChI=1S/C55H80N6O11/c1-11-12-15-39-17-21-41(22-18-39)42-23-25-43(26-24-42)50(64)56-31-29-47(62)59-45(16-13-14-30-57-54(69)72-55(8,9)10)51(65)61-48(38(7)70-33-35(2)3)52(66)58-37(6)49(63)60-46(53(67)68)32-40-19-27-44(28-20-40)71-34-36(4)5/h17-28,35-38,45-46,48H,11-16,29-34H2,1-10H3,(H,56,64)(H,57,69)(H,58,66)(H,59,62)(H,60,63)(H,61,65)(H,67,68)/t37-,38+,45-,46-,48-/m0/s1. The molecule has 0 aliphatic heterocycles. The van der Waals surface area contributed by atoms with Gasteiger partial charge in [-0.15, -0.1) is 0 Å². The van der Waals surface area contributed by atoms with Gasteiger partial charge in [-0.05, 0) is 125 Å². The van der Waals surface area contributed by atoms with Crippen molar-refractivity contribution in [1.29, 1.82) is 0 Å². The Hall–Kier alpha value is -6.49. The minimum atomic E-state index is -1.36. The predicted octanol–water partition coefficient (Wildman–Crippen LogP) is 6.89. The first-order valence-electron chi connectivity index (χ1n) is 25.3. The van der Waals surface area contributed by atoms with Gasteiger partial charge in [0.2, 0.25) is 23.6 Å². The van der Waals surface area contributed by atoms with Crippen molar-refractivity contribution in [3.05, 3.63) is 89.5 Å². The summed E-state index contributed by atoms with van der Waals surface area (Å²) in [5.41, 5.74) is 3.63. The minimum Gasteiger partial charge on any atom is -0.493 e. The van der Waals surface area contributed by atoms with Crippen LogP contribution in [0.5, 0.6) is 5.75 Å².